The van der Waals surface area contributed by atoms with Crippen LogP contribution in [0.15, 0.2) is 28.9 Å². The van der Waals surface area contributed by atoms with Crippen LogP contribution in [0.1, 0.15) is 0 Å². The maximum absolute atomic E-state index is 11.1. The summed E-state index contributed by atoms with van der Waals surface area (Å²) in [5.74, 6) is 0.563. The third-order valence-corrected chi connectivity index (χ3v) is 3.22. The third-order valence-electron chi connectivity index (χ3n) is 1.74. The van der Waals surface area contributed by atoms with E-state index >= 15 is 0 Å². The average Bonchev–Trinajstić information content (AvgIpc) is 2.69. The number of sulfone groups is 1. The van der Waals surface area contributed by atoms with Crippen molar-refractivity contribution in [3.05, 3.63) is 23.8 Å². The minimum Gasteiger partial charge on any atom is -0.244 e. The molecule has 0 amide bonds. The van der Waals surface area contributed by atoms with Gasteiger partial charge in [-0.3, -0.25) is 0 Å². The topological polar surface area (TPSA) is 72.8 Å². The van der Waals surface area contributed by atoms with E-state index in [1.54, 1.807) is 11.6 Å². The van der Waals surface area contributed by atoms with E-state index in [2.05, 4.69) is 14.3 Å². The number of pyridine rings is 1. The van der Waals surface area contributed by atoms with E-state index in [0.29, 0.717) is 11.4 Å². The fraction of sp³-hybridized carbons (Fsp3) is 0.125. The molecule has 15 heavy (non-hydrogen) atoms. The zero-order valence-electron chi connectivity index (χ0n) is 7.78. The molecule has 0 bridgehead atoms. The Balaban J connectivity index is 2.42. The smallest absolute Gasteiger partial charge is 0.192 e. The van der Waals surface area contributed by atoms with Gasteiger partial charge in [-0.05, 0) is 23.7 Å². The van der Waals surface area contributed by atoms with Gasteiger partial charge in [-0.25, -0.2) is 18.4 Å². The number of hydrogen-bond donors (Lipinski definition) is 0. The zero-order valence-corrected chi connectivity index (χ0v) is 9.42. The minimum absolute atomic E-state index is 0.0569. The van der Waals surface area contributed by atoms with Crippen LogP contribution < -0.4 is 0 Å². The first-order chi connectivity index (χ1) is 7.07. The molecule has 78 valence electrons. The minimum atomic E-state index is -3.24. The first kappa shape index (κ1) is 10.2. The summed E-state index contributed by atoms with van der Waals surface area (Å²) in [4.78, 5) is 7.84. The lowest BCUT2D eigenvalue weighted by molar-refractivity contribution is 0.598. The van der Waals surface area contributed by atoms with E-state index in [-0.39, 0.29) is 5.03 Å². The van der Waals surface area contributed by atoms with Gasteiger partial charge in [0.2, 0.25) is 0 Å². The van der Waals surface area contributed by atoms with Crippen molar-refractivity contribution >= 4 is 21.4 Å². The van der Waals surface area contributed by atoms with Crippen molar-refractivity contribution < 1.29 is 8.42 Å². The van der Waals surface area contributed by atoms with Gasteiger partial charge in [0.25, 0.3) is 0 Å². The summed E-state index contributed by atoms with van der Waals surface area (Å²) in [6.07, 6.45) is 2.58. The molecular weight excluding hydrogens is 234 g/mol. The summed E-state index contributed by atoms with van der Waals surface area (Å²) in [5.41, 5.74) is 2.32. The normalized spacial score (nSPS) is 11.5. The highest BCUT2D eigenvalue weighted by atomic mass is 32.2. The molecule has 5 nitrogen and oxygen atoms in total. The quantitative estimate of drug-likeness (QED) is 0.784. The molecule has 2 aromatic heterocycles. The van der Waals surface area contributed by atoms with E-state index < -0.39 is 9.84 Å². The van der Waals surface area contributed by atoms with E-state index in [1.807, 2.05) is 0 Å². The second-order valence-electron chi connectivity index (χ2n) is 2.91. The fourth-order valence-electron chi connectivity index (χ4n) is 1.03. The van der Waals surface area contributed by atoms with Crippen molar-refractivity contribution in [1.82, 2.24) is 14.3 Å². The van der Waals surface area contributed by atoms with Crippen LogP contribution in [0.25, 0.3) is 11.4 Å². The Labute approximate surface area is 90.9 Å². The van der Waals surface area contributed by atoms with Crippen LogP contribution in [0.2, 0.25) is 0 Å². The van der Waals surface area contributed by atoms with Crippen molar-refractivity contribution in [3.8, 4) is 11.4 Å². The molecule has 0 aromatic carbocycles. The fourth-order valence-corrected chi connectivity index (χ4v) is 2.04. The molecule has 0 radical (unpaired) electrons. The van der Waals surface area contributed by atoms with Gasteiger partial charge in [0.05, 0.1) is 0 Å². The average molecular weight is 241 g/mol. The van der Waals surface area contributed by atoms with Gasteiger partial charge in [0.15, 0.2) is 20.7 Å². The Morgan fingerprint density at radius 3 is 2.53 bits per heavy atom. The van der Waals surface area contributed by atoms with Gasteiger partial charge in [-0.1, -0.05) is 0 Å². The van der Waals surface area contributed by atoms with Gasteiger partial charge in [-0.15, -0.1) is 0 Å². The van der Waals surface area contributed by atoms with Crippen molar-refractivity contribution in [2.45, 2.75) is 5.03 Å². The van der Waals surface area contributed by atoms with Crippen LogP contribution in [0, 0.1) is 0 Å². The molecule has 2 rings (SSSR count). The lowest BCUT2D eigenvalue weighted by Gasteiger charge is -1.97. The lowest BCUT2D eigenvalue weighted by Crippen LogP contribution is -1.99. The summed E-state index contributed by atoms with van der Waals surface area (Å²) in [7, 11) is -3.24. The molecular formula is C8H7N3O2S2. The van der Waals surface area contributed by atoms with Crippen molar-refractivity contribution in [2.75, 3.05) is 6.26 Å². The van der Waals surface area contributed by atoms with Crippen LogP contribution in [-0.2, 0) is 9.84 Å². The molecule has 0 N–H and O–H groups in total. The lowest BCUT2D eigenvalue weighted by atomic mass is 10.3. The summed E-state index contributed by atoms with van der Waals surface area (Å²) in [6, 6.07) is 3.09. The summed E-state index contributed by atoms with van der Waals surface area (Å²) in [6.45, 7) is 0. The van der Waals surface area contributed by atoms with Crippen LogP contribution >= 0.6 is 11.5 Å². The number of aromatic nitrogens is 3. The van der Waals surface area contributed by atoms with Crippen molar-refractivity contribution in [3.63, 3.8) is 0 Å². The number of nitrogens with zero attached hydrogens (tertiary/aromatic N) is 3. The molecule has 2 aromatic rings. The van der Waals surface area contributed by atoms with E-state index in [1.165, 1.54) is 23.8 Å². The maximum Gasteiger partial charge on any atom is 0.192 e. The molecule has 0 fully saturated rings. The van der Waals surface area contributed by atoms with Crippen LogP contribution in [0.4, 0.5) is 0 Å². The Hall–Kier alpha value is -1.34. The summed E-state index contributed by atoms with van der Waals surface area (Å²) >= 11 is 1.24. The van der Waals surface area contributed by atoms with Gasteiger partial charge >= 0.3 is 0 Å². The summed E-state index contributed by atoms with van der Waals surface area (Å²) < 4.78 is 26.3. The van der Waals surface area contributed by atoms with Crippen LogP contribution in [0.5, 0.6) is 0 Å². The zero-order chi connectivity index (χ0) is 10.9. The highest BCUT2D eigenvalue weighted by molar-refractivity contribution is 7.90. The highest BCUT2D eigenvalue weighted by Gasteiger charge is 2.09. The Morgan fingerprint density at radius 2 is 2.07 bits per heavy atom. The molecule has 2 heterocycles. The van der Waals surface area contributed by atoms with E-state index in [0.717, 1.165) is 6.26 Å². The molecule has 0 atom stereocenters. The molecule has 0 unspecified atom stereocenters. The monoisotopic (exact) mass is 241 g/mol. The van der Waals surface area contributed by atoms with Gasteiger partial charge in [0, 0.05) is 18.0 Å². The van der Waals surface area contributed by atoms with Gasteiger partial charge in [0.1, 0.15) is 5.51 Å². The highest BCUT2D eigenvalue weighted by Crippen LogP contribution is 2.15. The Bertz CT molecular complexity index is 546. The van der Waals surface area contributed by atoms with E-state index in [9.17, 15) is 8.42 Å². The first-order valence-corrected chi connectivity index (χ1v) is 6.73. The van der Waals surface area contributed by atoms with Crippen molar-refractivity contribution in [1.29, 1.82) is 0 Å². The third kappa shape index (κ3) is 2.18. The largest absolute Gasteiger partial charge is 0.244 e. The predicted molar refractivity (Wildman–Crippen MR) is 56.2 cm³/mol. The van der Waals surface area contributed by atoms with Gasteiger partial charge < -0.3 is 0 Å². The predicted octanol–water partition coefficient (Wildman–Crippen LogP) is 1.00. The first-order valence-electron chi connectivity index (χ1n) is 4.00. The molecule has 0 aliphatic heterocycles. The van der Waals surface area contributed by atoms with Gasteiger partial charge in [-0.2, -0.15) is 4.37 Å². The second-order valence-corrected chi connectivity index (χ2v) is 5.48. The number of hydrogen-bond acceptors (Lipinski definition) is 6. The summed E-state index contributed by atoms with van der Waals surface area (Å²) in [5, 5.41) is 0.0569. The molecule has 0 aliphatic carbocycles. The standard InChI is InChI=1S/C8H7N3O2S2/c1-15(12,13)7-3-2-6(4-9-7)8-10-5-14-11-8/h2-5H,1H3. The van der Waals surface area contributed by atoms with E-state index in [4.69, 9.17) is 0 Å². The molecule has 0 saturated carbocycles. The molecule has 0 aliphatic rings. The SMILES string of the molecule is CS(=O)(=O)c1ccc(-c2ncsn2)cn1. The van der Waals surface area contributed by atoms with Crippen LogP contribution in [-0.4, -0.2) is 29.0 Å². The Morgan fingerprint density at radius 1 is 1.27 bits per heavy atom. The second kappa shape index (κ2) is 3.67. The number of rotatable bonds is 2. The Kier molecular flexibility index (Phi) is 2.49. The maximum atomic E-state index is 11.1. The molecule has 0 saturated heterocycles. The van der Waals surface area contributed by atoms with Crippen LogP contribution in [0.3, 0.4) is 0 Å². The molecule has 7 heteroatoms. The van der Waals surface area contributed by atoms with Crippen molar-refractivity contribution in [2.24, 2.45) is 0 Å². The molecule has 0 spiro atoms.